The van der Waals surface area contributed by atoms with Crippen LogP contribution in [-0.4, -0.2) is 56.3 Å². The van der Waals surface area contributed by atoms with Gasteiger partial charge in [-0.3, -0.25) is 24.0 Å². The lowest BCUT2D eigenvalue weighted by Crippen LogP contribution is -2.51. The number of nitrogens with zero attached hydrogens (tertiary/aromatic N) is 3. The van der Waals surface area contributed by atoms with Gasteiger partial charge >= 0.3 is 0 Å². The van der Waals surface area contributed by atoms with Crippen molar-refractivity contribution in [2.75, 3.05) is 24.5 Å². The largest absolute Gasteiger partial charge is 0.497 e. The third-order valence-electron chi connectivity index (χ3n) is 6.70. The van der Waals surface area contributed by atoms with E-state index in [1.54, 1.807) is 31.2 Å². The summed E-state index contributed by atoms with van der Waals surface area (Å²) in [6.45, 7) is 6.61. The number of benzene rings is 3. The number of aryl methyl sites for hydroxylation is 1. The number of sulfonamides is 1. The van der Waals surface area contributed by atoms with E-state index in [1.807, 2.05) is 13.8 Å². The molecular formula is C30H35ClN4O7S. The smallest absolute Gasteiger partial charge is 0.273 e. The molecule has 13 heteroatoms. The quantitative estimate of drug-likeness (QED) is 0.208. The van der Waals surface area contributed by atoms with Crippen LogP contribution in [0.4, 0.5) is 11.4 Å². The number of nitro groups is 1. The fraction of sp³-hybridized carbons (Fsp3) is 0.333. The molecule has 11 nitrogen and oxygen atoms in total. The lowest BCUT2D eigenvalue weighted by Gasteiger charge is -2.32. The number of hydrogen-bond donors (Lipinski definition) is 1. The van der Waals surface area contributed by atoms with E-state index in [0.717, 1.165) is 10.4 Å². The molecule has 0 radical (unpaired) electrons. The molecule has 3 aromatic rings. The molecular weight excluding hydrogens is 596 g/mol. The molecule has 43 heavy (non-hydrogen) atoms. The fourth-order valence-electron chi connectivity index (χ4n) is 4.22. The highest BCUT2D eigenvalue weighted by Crippen LogP contribution is 2.29. The molecule has 0 heterocycles. The predicted octanol–water partition coefficient (Wildman–Crippen LogP) is 4.95. The third-order valence-corrected chi connectivity index (χ3v) is 8.70. The van der Waals surface area contributed by atoms with Crippen molar-refractivity contribution >= 4 is 44.8 Å². The minimum Gasteiger partial charge on any atom is -0.497 e. The van der Waals surface area contributed by atoms with Crippen LogP contribution in [0.25, 0.3) is 0 Å². The van der Waals surface area contributed by atoms with Crippen molar-refractivity contribution in [2.45, 2.75) is 45.2 Å². The maximum Gasteiger partial charge on any atom is 0.273 e. The van der Waals surface area contributed by atoms with Crippen LogP contribution in [0.2, 0.25) is 5.02 Å². The Balaban J connectivity index is 2.08. The van der Waals surface area contributed by atoms with E-state index in [0.29, 0.717) is 22.9 Å². The normalized spacial score (nSPS) is 12.0. The van der Waals surface area contributed by atoms with Crippen LogP contribution in [0.3, 0.4) is 0 Å². The number of amides is 2. The number of halogens is 1. The van der Waals surface area contributed by atoms with Gasteiger partial charge in [-0.15, -0.1) is 0 Å². The van der Waals surface area contributed by atoms with Gasteiger partial charge in [-0.05, 0) is 67.8 Å². The Bertz CT molecular complexity index is 1580. The first-order valence-corrected chi connectivity index (χ1v) is 15.3. The Labute approximate surface area is 256 Å². The highest BCUT2D eigenvalue weighted by Gasteiger charge is 2.33. The lowest BCUT2D eigenvalue weighted by atomic mass is 10.1. The zero-order valence-corrected chi connectivity index (χ0v) is 26.2. The van der Waals surface area contributed by atoms with Gasteiger partial charge in [-0.2, -0.15) is 0 Å². The summed E-state index contributed by atoms with van der Waals surface area (Å²) >= 11 is 6.17. The first-order chi connectivity index (χ1) is 20.2. The van der Waals surface area contributed by atoms with E-state index in [9.17, 15) is 28.1 Å². The molecule has 1 atom stereocenters. The fourth-order valence-corrected chi connectivity index (χ4v) is 5.87. The zero-order valence-electron chi connectivity index (χ0n) is 24.6. The van der Waals surface area contributed by atoms with Gasteiger partial charge in [-0.1, -0.05) is 43.6 Å². The van der Waals surface area contributed by atoms with Crippen molar-refractivity contribution in [3.8, 4) is 5.75 Å². The van der Waals surface area contributed by atoms with Crippen molar-refractivity contribution in [3.05, 3.63) is 93.0 Å². The number of nitro benzene ring substituents is 1. The molecule has 0 fully saturated rings. The summed E-state index contributed by atoms with van der Waals surface area (Å²) in [6, 6.07) is 15.4. The van der Waals surface area contributed by atoms with Gasteiger partial charge in [0.25, 0.3) is 15.7 Å². The maximum absolute atomic E-state index is 14.0. The van der Waals surface area contributed by atoms with E-state index in [-0.39, 0.29) is 34.3 Å². The van der Waals surface area contributed by atoms with Gasteiger partial charge in [-0.25, -0.2) is 8.42 Å². The van der Waals surface area contributed by atoms with Gasteiger partial charge in [0.1, 0.15) is 18.3 Å². The number of methoxy groups -OCH3 is 1. The second-order valence-electron chi connectivity index (χ2n) is 10.4. The summed E-state index contributed by atoms with van der Waals surface area (Å²) < 4.78 is 34.1. The minimum atomic E-state index is -4.50. The molecule has 0 bridgehead atoms. The molecule has 0 aliphatic heterocycles. The molecule has 0 saturated carbocycles. The summed E-state index contributed by atoms with van der Waals surface area (Å²) in [5, 5.41) is 14.8. The third kappa shape index (κ3) is 8.45. The Morgan fingerprint density at radius 3 is 2.30 bits per heavy atom. The first kappa shape index (κ1) is 33.3. The predicted molar refractivity (Wildman–Crippen MR) is 165 cm³/mol. The van der Waals surface area contributed by atoms with Crippen LogP contribution in [0, 0.1) is 23.0 Å². The Morgan fingerprint density at radius 2 is 1.72 bits per heavy atom. The van der Waals surface area contributed by atoms with Gasteiger partial charge in [0.2, 0.25) is 11.8 Å². The molecule has 0 aliphatic carbocycles. The number of anilines is 1. The van der Waals surface area contributed by atoms with Gasteiger partial charge < -0.3 is 15.0 Å². The molecule has 2 amide bonds. The first-order valence-electron chi connectivity index (χ1n) is 13.5. The molecule has 0 aromatic heterocycles. The summed E-state index contributed by atoms with van der Waals surface area (Å²) in [6.07, 6.45) is 0. The van der Waals surface area contributed by atoms with Crippen molar-refractivity contribution in [1.29, 1.82) is 0 Å². The van der Waals surface area contributed by atoms with Crippen LogP contribution in [0.1, 0.15) is 31.9 Å². The summed E-state index contributed by atoms with van der Waals surface area (Å²) in [4.78, 5) is 38.9. The van der Waals surface area contributed by atoms with Crippen LogP contribution < -0.4 is 14.4 Å². The average Bonchev–Trinajstić information content (AvgIpc) is 2.96. The monoisotopic (exact) mass is 630 g/mol. The van der Waals surface area contributed by atoms with Crippen LogP contribution in [0.15, 0.2) is 71.6 Å². The van der Waals surface area contributed by atoms with Crippen molar-refractivity contribution in [3.63, 3.8) is 0 Å². The van der Waals surface area contributed by atoms with Crippen LogP contribution >= 0.6 is 11.6 Å². The number of nitrogens with one attached hydrogen (secondary N) is 1. The lowest BCUT2D eigenvalue weighted by molar-refractivity contribution is -0.385. The number of rotatable bonds is 13. The van der Waals surface area contributed by atoms with E-state index in [2.05, 4.69) is 5.32 Å². The minimum absolute atomic E-state index is 0.0256. The van der Waals surface area contributed by atoms with Crippen LogP contribution in [0.5, 0.6) is 5.75 Å². The Kier molecular flexibility index (Phi) is 11.1. The second kappa shape index (κ2) is 14.3. The topological polar surface area (TPSA) is 139 Å². The second-order valence-corrected chi connectivity index (χ2v) is 12.7. The zero-order chi connectivity index (χ0) is 31.9. The molecule has 0 saturated heterocycles. The average molecular weight is 631 g/mol. The van der Waals surface area contributed by atoms with Crippen molar-refractivity contribution < 1.29 is 27.7 Å². The Hall–Kier alpha value is -4.16. The maximum atomic E-state index is 14.0. The number of carbonyl (C=O) groups is 2. The van der Waals surface area contributed by atoms with Crippen molar-refractivity contribution in [2.24, 2.45) is 5.92 Å². The summed E-state index contributed by atoms with van der Waals surface area (Å²) in [5.74, 6) is -0.454. The molecule has 0 spiro atoms. The molecule has 3 aromatic carbocycles. The summed E-state index contributed by atoms with van der Waals surface area (Å²) in [7, 11) is -3.05. The molecule has 3 rings (SSSR count). The number of hydrogen-bond acceptors (Lipinski definition) is 7. The van der Waals surface area contributed by atoms with Gasteiger partial charge in [0.15, 0.2) is 0 Å². The SMILES string of the molecule is COc1ccc(N(CC(=O)N(Cc2cccc(Cl)c2)C(C)C(=O)NCC(C)C)S(=O)(=O)c2ccc(C)c([N+](=O)[O-])c2)cc1. The highest BCUT2D eigenvalue weighted by atomic mass is 35.5. The molecule has 1 unspecified atom stereocenters. The van der Waals surface area contributed by atoms with Crippen molar-refractivity contribution in [1.82, 2.24) is 10.2 Å². The van der Waals surface area contributed by atoms with E-state index in [4.69, 9.17) is 16.3 Å². The van der Waals surface area contributed by atoms with E-state index < -0.39 is 39.3 Å². The van der Waals surface area contributed by atoms with Gasteiger partial charge in [0.05, 0.1) is 22.6 Å². The molecule has 1 N–H and O–H groups in total. The summed E-state index contributed by atoms with van der Waals surface area (Å²) in [5.41, 5.74) is 0.666. The van der Waals surface area contributed by atoms with E-state index >= 15 is 0 Å². The number of ether oxygens (including phenoxy) is 1. The Morgan fingerprint density at radius 1 is 1.05 bits per heavy atom. The number of carbonyl (C=O) groups excluding carboxylic acids is 2. The standard InChI is InChI=1S/C30H35ClN4O7S/c1-20(2)17-32-30(37)22(4)33(18-23-7-6-8-24(31)15-23)29(36)19-34(25-10-12-26(42-5)13-11-25)43(40,41)27-14-9-21(3)28(16-27)35(38)39/h6-16,20,22H,17-19H2,1-5H3,(H,32,37). The molecule has 0 aliphatic rings. The van der Waals surface area contributed by atoms with E-state index in [1.165, 1.54) is 55.3 Å². The van der Waals surface area contributed by atoms with Crippen LogP contribution in [-0.2, 0) is 26.2 Å². The van der Waals surface area contributed by atoms with Gasteiger partial charge in [0, 0.05) is 29.7 Å². The molecule has 230 valence electrons. The highest BCUT2D eigenvalue weighted by molar-refractivity contribution is 7.92.